The van der Waals surface area contributed by atoms with Gasteiger partial charge in [0, 0.05) is 25.1 Å². The second-order valence-electron chi connectivity index (χ2n) is 6.94. The van der Waals surface area contributed by atoms with E-state index in [1.807, 2.05) is 17.0 Å². The van der Waals surface area contributed by atoms with Crippen LogP contribution in [0.1, 0.15) is 66.8 Å². The number of carboxylic acids is 1. The SMILES string of the molecule is O=C(O)CCC1CCCN(C(=O)c2ccc(C3CCC3)cc2)C1. The molecule has 4 nitrogen and oxygen atoms in total. The highest BCUT2D eigenvalue weighted by atomic mass is 16.4. The molecule has 1 heterocycles. The van der Waals surface area contributed by atoms with E-state index in [1.165, 1.54) is 24.8 Å². The number of piperidine rings is 1. The van der Waals surface area contributed by atoms with Gasteiger partial charge in [0.1, 0.15) is 0 Å². The van der Waals surface area contributed by atoms with Crippen molar-refractivity contribution in [3.8, 4) is 0 Å². The van der Waals surface area contributed by atoms with Crippen molar-refractivity contribution in [3.63, 3.8) is 0 Å². The Balaban J connectivity index is 1.59. The fraction of sp³-hybridized carbons (Fsp3) is 0.579. The van der Waals surface area contributed by atoms with Crippen LogP contribution >= 0.6 is 0 Å². The van der Waals surface area contributed by atoms with Crippen molar-refractivity contribution in [1.82, 2.24) is 4.90 Å². The summed E-state index contributed by atoms with van der Waals surface area (Å²) >= 11 is 0. The van der Waals surface area contributed by atoms with E-state index in [9.17, 15) is 9.59 Å². The average Bonchev–Trinajstić information content (AvgIpc) is 2.52. The number of carbonyl (C=O) groups is 2. The van der Waals surface area contributed by atoms with E-state index in [0.29, 0.717) is 24.8 Å². The molecule has 0 aromatic heterocycles. The van der Waals surface area contributed by atoms with E-state index in [-0.39, 0.29) is 12.3 Å². The monoisotopic (exact) mass is 315 g/mol. The average molecular weight is 315 g/mol. The molecule has 2 aliphatic rings. The summed E-state index contributed by atoms with van der Waals surface area (Å²) in [7, 11) is 0. The summed E-state index contributed by atoms with van der Waals surface area (Å²) < 4.78 is 0. The fourth-order valence-electron chi connectivity index (χ4n) is 3.63. The van der Waals surface area contributed by atoms with Crippen LogP contribution < -0.4 is 0 Å². The first-order valence-electron chi connectivity index (χ1n) is 8.74. The third-order valence-electron chi connectivity index (χ3n) is 5.31. The quantitative estimate of drug-likeness (QED) is 0.902. The van der Waals surface area contributed by atoms with Crippen molar-refractivity contribution in [3.05, 3.63) is 35.4 Å². The second kappa shape index (κ2) is 7.16. The lowest BCUT2D eigenvalue weighted by atomic mass is 9.80. The van der Waals surface area contributed by atoms with Crippen molar-refractivity contribution >= 4 is 11.9 Å². The smallest absolute Gasteiger partial charge is 0.303 e. The fourth-order valence-corrected chi connectivity index (χ4v) is 3.63. The summed E-state index contributed by atoms with van der Waals surface area (Å²) in [5, 5.41) is 8.81. The molecule has 1 aliphatic carbocycles. The summed E-state index contributed by atoms with van der Waals surface area (Å²) in [6, 6.07) is 8.11. The molecule has 0 bridgehead atoms. The van der Waals surface area contributed by atoms with Crippen molar-refractivity contribution in [2.24, 2.45) is 5.92 Å². The Morgan fingerprint density at radius 3 is 2.43 bits per heavy atom. The van der Waals surface area contributed by atoms with Crippen LogP contribution in [-0.4, -0.2) is 35.0 Å². The molecule has 1 amide bonds. The predicted octanol–water partition coefficient (Wildman–Crippen LogP) is 3.67. The summed E-state index contributed by atoms with van der Waals surface area (Å²) in [5.41, 5.74) is 2.11. The van der Waals surface area contributed by atoms with Gasteiger partial charge in [0.15, 0.2) is 0 Å². The number of benzene rings is 1. The van der Waals surface area contributed by atoms with E-state index in [1.54, 1.807) is 0 Å². The maximum absolute atomic E-state index is 12.7. The Hall–Kier alpha value is -1.84. The van der Waals surface area contributed by atoms with Gasteiger partial charge >= 0.3 is 5.97 Å². The van der Waals surface area contributed by atoms with Gasteiger partial charge in [-0.1, -0.05) is 18.6 Å². The Morgan fingerprint density at radius 1 is 1.09 bits per heavy atom. The topological polar surface area (TPSA) is 57.6 Å². The van der Waals surface area contributed by atoms with Gasteiger partial charge in [-0.15, -0.1) is 0 Å². The maximum atomic E-state index is 12.7. The minimum absolute atomic E-state index is 0.0881. The van der Waals surface area contributed by atoms with E-state index >= 15 is 0 Å². The van der Waals surface area contributed by atoms with Crippen LogP contribution in [-0.2, 0) is 4.79 Å². The van der Waals surface area contributed by atoms with Gasteiger partial charge in [-0.2, -0.15) is 0 Å². The lowest BCUT2D eigenvalue weighted by molar-refractivity contribution is -0.137. The number of amides is 1. The zero-order valence-electron chi connectivity index (χ0n) is 13.5. The summed E-state index contributed by atoms with van der Waals surface area (Å²) in [5.74, 6) is 0.345. The largest absolute Gasteiger partial charge is 0.481 e. The highest BCUT2D eigenvalue weighted by Gasteiger charge is 2.25. The number of likely N-dealkylation sites (tertiary alicyclic amines) is 1. The van der Waals surface area contributed by atoms with E-state index < -0.39 is 5.97 Å². The van der Waals surface area contributed by atoms with Crippen LogP contribution in [0, 0.1) is 5.92 Å². The lowest BCUT2D eigenvalue weighted by Gasteiger charge is -2.33. The van der Waals surface area contributed by atoms with Crippen molar-refractivity contribution in [2.75, 3.05) is 13.1 Å². The highest BCUT2D eigenvalue weighted by molar-refractivity contribution is 5.94. The highest BCUT2D eigenvalue weighted by Crippen LogP contribution is 2.36. The number of aliphatic carboxylic acids is 1. The van der Waals surface area contributed by atoms with Gasteiger partial charge in [0.2, 0.25) is 0 Å². The van der Waals surface area contributed by atoms with Gasteiger partial charge in [-0.3, -0.25) is 9.59 Å². The zero-order valence-corrected chi connectivity index (χ0v) is 13.5. The van der Waals surface area contributed by atoms with Crippen LogP contribution in [0.15, 0.2) is 24.3 Å². The Bertz CT molecular complexity index is 562. The number of hydrogen-bond acceptors (Lipinski definition) is 2. The van der Waals surface area contributed by atoms with Crippen LogP contribution in [0.2, 0.25) is 0 Å². The zero-order chi connectivity index (χ0) is 16.2. The first-order valence-corrected chi connectivity index (χ1v) is 8.74. The number of rotatable bonds is 5. The molecule has 0 spiro atoms. The molecule has 1 N–H and O–H groups in total. The van der Waals surface area contributed by atoms with Gasteiger partial charge in [-0.05, 0) is 61.6 Å². The molecule has 0 radical (unpaired) electrons. The Kier molecular flexibility index (Phi) is 4.99. The molecule has 1 aliphatic heterocycles. The first-order chi connectivity index (χ1) is 11.1. The molecule has 1 saturated heterocycles. The lowest BCUT2D eigenvalue weighted by Crippen LogP contribution is -2.40. The van der Waals surface area contributed by atoms with Gasteiger partial charge in [-0.25, -0.2) is 0 Å². The predicted molar refractivity (Wildman–Crippen MR) is 88.5 cm³/mol. The minimum Gasteiger partial charge on any atom is -0.481 e. The number of nitrogens with zero attached hydrogens (tertiary/aromatic N) is 1. The molecule has 3 rings (SSSR count). The molecule has 1 saturated carbocycles. The minimum atomic E-state index is -0.750. The maximum Gasteiger partial charge on any atom is 0.303 e. The number of carbonyl (C=O) groups excluding carboxylic acids is 1. The molecular formula is C19H25NO3. The van der Waals surface area contributed by atoms with Gasteiger partial charge in [0.05, 0.1) is 0 Å². The third-order valence-corrected chi connectivity index (χ3v) is 5.31. The van der Waals surface area contributed by atoms with Crippen LogP contribution in [0.4, 0.5) is 0 Å². The number of carboxylic acid groups (broad SMARTS) is 1. The molecule has 1 atom stereocenters. The van der Waals surface area contributed by atoms with E-state index in [4.69, 9.17) is 5.11 Å². The standard InChI is InChI=1S/C19H25NO3/c21-18(22)11-6-14-3-2-12-20(13-14)19(23)17-9-7-16(8-10-17)15-4-1-5-15/h7-10,14-15H,1-6,11-13H2,(H,21,22). The summed E-state index contributed by atoms with van der Waals surface area (Å²) in [6.07, 6.45) is 6.71. The van der Waals surface area contributed by atoms with Crippen molar-refractivity contribution in [1.29, 1.82) is 0 Å². The van der Waals surface area contributed by atoms with Crippen LogP contribution in [0.25, 0.3) is 0 Å². The molecule has 2 fully saturated rings. The Labute approximate surface area is 137 Å². The van der Waals surface area contributed by atoms with E-state index in [2.05, 4.69) is 12.1 Å². The number of hydrogen-bond donors (Lipinski definition) is 1. The van der Waals surface area contributed by atoms with Gasteiger partial charge < -0.3 is 10.0 Å². The molecule has 1 aromatic carbocycles. The Morgan fingerprint density at radius 2 is 1.83 bits per heavy atom. The van der Waals surface area contributed by atoms with E-state index in [0.717, 1.165) is 24.9 Å². The summed E-state index contributed by atoms with van der Waals surface area (Å²) in [6.45, 7) is 1.48. The summed E-state index contributed by atoms with van der Waals surface area (Å²) in [4.78, 5) is 25.3. The normalized spacial score (nSPS) is 21.7. The van der Waals surface area contributed by atoms with Crippen LogP contribution in [0.3, 0.4) is 0 Å². The molecule has 124 valence electrons. The van der Waals surface area contributed by atoms with Crippen molar-refractivity contribution in [2.45, 2.75) is 50.9 Å². The van der Waals surface area contributed by atoms with Gasteiger partial charge in [0.25, 0.3) is 5.91 Å². The molecule has 1 aromatic rings. The second-order valence-corrected chi connectivity index (χ2v) is 6.94. The molecular weight excluding hydrogens is 290 g/mol. The molecule has 4 heteroatoms. The van der Waals surface area contributed by atoms with Crippen LogP contribution in [0.5, 0.6) is 0 Å². The molecule has 23 heavy (non-hydrogen) atoms. The third kappa shape index (κ3) is 3.92. The molecule has 1 unspecified atom stereocenters. The first kappa shape index (κ1) is 16.0. The van der Waals surface area contributed by atoms with Crippen molar-refractivity contribution < 1.29 is 14.7 Å².